The molecule has 0 radical (unpaired) electrons. The average Bonchev–Trinajstić information content (AvgIpc) is 1.57. The van der Waals surface area contributed by atoms with Crippen LogP contribution in [0.3, 0.4) is 0 Å². The third-order valence-corrected chi connectivity index (χ3v) is 26.1. The molecule has 0 aliphatic heterocycles. The Labute approximate surface area is 698 Å². The summed E-state index contributed by atoms with van der Waals surface area (Å²) in [4.78, 5) is 0. The van der Waals surface area contributed by atoms with Crippen molar-refractivity contribution < 1.29 is 9.47 Å². The summed E-state index contributed by atoms with van der Waals surface area (Å²) < 4.78 is 28.6. The third kappa shape index (κ3) is 15.0. The Morgan fingerprint density at radius 2 is 0.339 bits per heavy atom. The van der Waals surface area contributed by atoms with Crippen LogP contribution >= 0.6 is 0 Å². The van der Waals surface area contributed by atoms with Crippen molar-refractivity contribution in [1.82, 2.24) is 27.4 Å². The fraction of sp³-hybridized carbons (Fsp3) is 0.345. The van der Waals surface area contributed by atoms with Crippen LogP contribution in [0, 0.1) is 0 Å². The van der Waals surface area contributed by atoms with Gasteiger partial charge in [0.2, 0.25) is 0 Å². The zero-order chi connectivity index (χ0) is 80.3. The van der Waals surface area contributed by atoms with Gasteiger partial charge in [0.15, 0.2) is 0 Å². The van der Waals surface area contributed by atoms with Crippen LogP contribution in [0.1, 0.15) is 203 Å². The molecule has 8 heteroatoms. The van der Waals surface area contributed by atoms with E-state index in [4.69, 9.17) is 9.47 Å². The molecule has 6 heterocycles. The fourth-order valence-corrected chi connectivity index (χ4v) is 19.7. The minimum atomic E-state index is 0.492. The van der Waals surface area contributed by atoms with E-state index in [1.165, 1.54) is 301 Å². The Morgan fingerprint density at radius 3 is 0.508 bits per heavy atom. The Kier molecular flexibility index (Phi) is 23.4. The van der Waals surface area contributed by atoms with Crippen molar-refractivity contribution in [2.24, 2.45) is 0 Å². The van der Waals surface area contributed by atoms with Crippen molar-refractivity contribution in [3.63, 3.8) is 0 Å². The van der Waals surface area contributed by atoms with E-state index in [0.29, 0.717) is 39.5 Å². The second-order valence-electron chi connectivity index (χ2n) is 34.3. The van der Waals surface area contributed by atoms with Gasteiger partial charge in [-0.1, -0.05) is 155 Å². The molecule has 18 aromatic rings. The van der Waals surface area contributed by atoms with Gasteiger partial charge in [-0.3, -0.25) is 0 Å². The molecule has 0 bridgehead atoms. The van der Waals surface area contributed by atoms with Crippen molar-refractivity contribution in [3.05, 3.63) is 263 Å². The summed E-state index contributed by atoms with van der Waals surface area (Å²) in [6.07, 6.45) is 27.7. The highest BCUT2D eigenvalue weighted by Crippen LogP contribution is 2.44. The Morgan fingerprint density at radius 1 is 0.178 bits per heavy atom. The quantitative estimate of drug-likeness (QED) is 0.0364. The molecule has 602 valence electrons. The Balaban J connectivity index is 0.675. The number of hydrogen-bond acceptors (Lipinski definition) is 2. The number of unbranched alkanes of at least 4 members (excludes halogenated alkanes) is 8. The molecule has 0 amide bonds. The molecule has 118 heavy (non-hydrogen) atoms. The monoisotopic (exact) mass is 1560 g/mol. The summed E-state index contributed by atoms with van der Waals surface area (Å²) >= 11 is 0. The van der Waals surface area contributed by atoms with E-state index in [1.807, 2.05) is 0 Å². The van der Waals surface area contributed by atoms with Crippen molar-refractivity contribution in [3.8, 4) is 22.7 Å². The molecule has 6 aromatic heterocycles. The molecule has 0 N–H and O–H groups in total. The minimum Gasteiger partial charge on any atom is -0.377 e. The van der Waals surface area contributed by atoms with Crippen LogP contribution < -0.4 is 0 Å². The maximum atomic E-state index is 6.73. The van der Waals surface area contributed by atoms with Gasteiger partial charge >= 0.3 is 0 Å². The van der Waals surface area contributed by atoms with Crippen LogP contribution in [0.15, 0.2) is 218 Å². The lowest BCUT2D eigenvalue weighted by atomic mass is 10.0. The highest BCUT2D eigenvalue weighted by atomic mass is 16.5. The maximum absolute atomic E-state index is 6.73. The summed E-state index contributed by atoms with van der Waals surface area (Å²) in [6, 6.07) is 87.1. The number of ether oxygens (including phenoxy) is 2. The third-order valence-electron chi connectivity index (χ3n) is 26.1. The standard InChI is InChI=1S/C110H120N6O2/c1-9-17-25-75-33-45-103-87(63-75)88-64-76(26-18-10-2)34-46-104(88)113(103)83-41-53-99-95(71-83)96-72-84(114-105-47-35-77(27-19-11-3)65-89(105)90-66-78(28-20-12-4)36-48-106(90)114)42-54-100(96)111(99)57-59-117-61-62-118-60-58-112-101-55-43-85(115-107-49-37-79(29-21-13-5)67-91(107)92-68-80(30-22-14-6)38-50-108(92)115)73-97(101)98-74-86(44-56-102(98)112)116-109-51-39-81(31-23-15-7)69-93(109)94-70-82(32-24-16-8)40-52-110(94)116/h33-56,63-74H,9-32,57-62H2,1-8H3. The number of rotatable bonds is 37. The van der Waals surface area contributed by atoms with Gasteiger partial charge in [-0.05, 0) is 317 Å². The van der Waals surface area contributed by atoms with Crippen molar-refractivity contribution in [2.45, 2.75) is 223 Å². The molecule has 0 spiro atoms. The number of benzene rings is 12. The highest BCUT2D eigenvalue weighted by Gasteiger charge is 2.24. The first-order chi connectivity index (χ1) is 58.2. The normalized spacial score (nSPS) is 12.3. The number of nitrogens with zero attached hydrogens (tertiary/aromatic N) is 6. The van der Waals surface area contributed by atoms with Crippen molar-refractivity contribution in [1.29, 1.82) is 0 Å². The van der Waals surface area contributed by atoms with Gasteiger partial charge in [0.05, 0.1) is 70.6 Å². The van der Waals surface area contributed by atoms with Gasteiger partial charge in [-0.15, -0.1) is 0 Å². The van der Waals surface area contributed by atoms with Gasteiger partial charge in [0.1, 0.15) is 0 Å². The van der Waals surface area contributed by atoms with Gasteiger partial charge < -0.3 is 36.9 Å². The first-order valence-corrected chi connectivity index (χ1v) is 45.7. The second kappa shape index (κ2) is 35.1. The highest BCUT2D eigenvalue weighted by molar-refractivity contribution is 6.16. The lowest BCUT2D eigenvalue weighted by molar-refractivity contribution is 0.0431. The SMILES string of the molecule is CCCCc1ccc2c(c1)c1cc(CCCC)ccc1n2-c1ccc2c(c1)c1cc(-n3c4ccc(CCCC)cc4c4cc(CCCC)ccc43)ccc1n2CCOCCOCCn1c2ccc(-n3c4ccc(CCCC)cc4c4cc(CCCC)ccc43)cc2c2cc(-n3c4ccc(CCCC)cc4c4cc(CCCC)ccc43)ccc21. The van der Waals surface area contributed by atoms with Crippen LogP contribution in [0.2, 0.25) is 0 Å². The average molecular weight is 1560 g/mol. The minimum absolute atomic E-state index is 0.492. The molecule has 8 nitrogen and oxygen atoms in total. The predicted molar refractivity (Wildman–Crippen MR) is 507 cm³/mol. The van der Waals surface area contributed by atoms with E-state index in [9.17, 15) is 0 Å². The smallest absolute Gasteiger partial charge is 0.0701 e. The Hall–Kier alpha value is -10.6. The van der Waals surface area contributed by atoms with E-state index in [0.717, 1.165) is 51.4 Å². The molecular formula is C110H120N6O2. The number of fused-ring (bicyclic) bond motifs is 18. The number of aryl methyl sites for hydroxylation is 8. The molecule has 12 aromatic carbocycles. The van der Waals surface area contributed by atoms with Gasteiger partial charge in [-0.25, -0.2) is 0 Å². The molecule has 0 aliphatic carbocycles. The zero-order valence-corrected chi connectivity index (χ0v) is 71.5. The van der Waals surface area contributed by atoms with Crippen LogP contribution in [0.5, 0.6) is 0 Å². The van der Waals surface area contributed by atoms with Crippen LogP contribution in [0.25, 0.3) is 154 Å². The summed E-state index contributed by atoms with van der Waals surface area (Å²) in [7, 11) is 0. The summed E-state index contributed by atoms with van der Waals surface area (Å²) in [5.41, 5.74) is 30.9. The lowest BCUT2D eigenvalue weighted by Gasteiger charge is -2.12. The van der Waals surface area contributed by atoms with Crippen LogP contribution in [0.4, 0.5) is 0 Å². The molecular weight excluding hydrogens is 1440 g/mol. The molecule has 0 fully saturated rings. The maximum Gasteiger partial charge on any atom is 0.0701 e. The van der Waals surface area contributed by atoms with E-state index in [1.54, 1.807) is 0 Å². The summed E-state index contributed by atoms with van der Waals surface area (Å²) in [5.74, 6) is 0. The molecule has 0 saturated carbocycles. The summed E-state index contributed by atoms with van der Waals surface area (Å²) in [5, 5.41) is 15.7. The number of aromatic nitrogens is 6. The zero-order valence-electron chi connectivity index (χ0n) is 71.5. The first kappa shape index (κ1) is 78.5. The summed E-state index contributed by atoms with van der Waals surface area (Å²) in [6.45, 7) is 21.8. The Bertz CT molecular complexity index is 5660. The van der Waals surface area contributed by atoms with E-state index >= 15 is 0 Å². The second-order valence-corrected chi connectivity index (χ2v) is 34.3. The molecule has 0 aliphatic rings. The van der Waals surface area contributed by atoms with Gasteiger partial charge in [-0.2, -0.15) is 0 Å². The van der Waals surface area contributed by atoms with E-state index in [-0.39, 0.29) is 0 Å². The van der Waals surface area contributed by atoms with E-state index < -0.39 is 0 Å². The van der Waals surface area contributed by atoms with Crippen LogP contribution in [-0.4, -0.2) is 53.8 Å². The van der Waals surface area contributed by atoms with E-state index in [2.05, 4.69) is 301 Å². The van der Waals surface area contributed by atoms with Crippen molar-refractivity contribution in [2.75, 3.05) is 26.4 Å². The fourth-order valence-electron chi connectivity index (χ4n) is 19.7. The first-order valence-electron chi connectivity index (χ1n) is 45.7. The lowest BCUT2D eigenvalue weighted by Crippen LogP contribution is -2.12. The predicted octanol–water partition coefficient (Wildman–Crippen LogP) is 29.8. The van der Waals surface area contributed by atoms with Crippen molar-refractivity contribution >= 4 is 131 Å². The molecule has 0 saturated heterocycles. The molecule has 18 rings (SSSR count). The largest absolute Gasteiger partial charge is 0.377 e. The van der Waals surface area contributed by atoms with Gasteiger partial charge in [0, 0.05) is 123 Å². The van der Waals surface area contributed by atoms with Crippen LogP contribution in [-0.2, 0) is 73.9 Å². The number of hydrogen-bond donors (Lipinski definition) is 0. The van der Waals surface area contributed by atoms with Gasteiger partial charge in [0.25, 0.3) is 0 Å². The molecule has 0 unspecified atom stereocenters. The topological polar surface area (TPSA) is 48.0 Å². The molecule has 0 atom stereocenters.